The van der Waals surface area contributed by atoms with Crippen molar-refractivity contribution in [2.24, 2.45) is 0 Å². The molecule has 28 heavy (non-hydrogen) atoms. The number of benzene rings is 2. The van der Waals surface area contributed by atoms with E-state index in [2.05, 4.69) is 4.98 Å². The first-order chi connectivity index (χ1) is 13.6. The van der Waals surface area contributed by atoms with Crippen LogP contribution >= 0.6 is 0 Å². The highest BCUT2D eigenvalue weighted by Crippen LogP contribution is 2.29. The molecule has 0 spiro atoms. The molecule has 0 atom stereocenters. The zero-order valence-corrected chi connectivity index (χ0v) is 15.8. The molecule has 1 N–H and O–H groups in total. The number of carbonyl (C=O) groups excluding carboxylic acids is 1. The van der Waals surface area contributed by atoms with E-state index in [0.29, 0.717) is 37.9 Å². The van der Waals surface area contributed by atoms with Crippen molar-refractivity contribution in [3.8, 4) is 11.3 Å². The molecule has 0 aliphatic carbocycles. The number of nitrogens with zero attached hydrogens (tertiary/aromatic N) is 2. The van der Waals surface area contributed by atoms with Crippen LogP contribution in [0.1, 0.15) is 28.8 Å². The molecule has 1 aliphatic heterocycles. The van der Waals surface area contributed by atoms with E-state index >= 15 is 0 Å². The highest BCUT2D eigenvalue weighted by Gasteiger charge is 2.34. The van der Waals surface area contributed by atoms with Crippen molar-refractivity contribution in [1.82, 2.24) is 9.88 Å². The first kappa shape index (κ1) is 18.4. The minimum atomic E-state index is -0.751. The SMILES string of the molecule is O=C(c1ccccc1-c1ccccn1)N1CCC(O)(Cc2ccccc2)CC1. The summed E-state index contributed by atoms with van der Waals surface area (Å²) in [6, 6.07) is 23.4. The number of rotatable bonds is 4. The summed E-state index contributed by atoms with van der Waals surface area (Å²) in [5, 5.41) is 11.0. The van der Waals surface area contributed by atoms with Gasteiger partial charge in [0.2, 0.25) is 0 Å². The summed E-state index contributed by atoms with van der Waals surface area (Å²) in [5.41, 5.74) is 2.68. The van der Waals surface area contributed by atoms with Gasteiger partial charge in [0.05, 0.1) is 11.3 Å². The molecule has 2 heterocycles. The van der Waals surface area contributed by atoms with Crippen LogP contribution in [-0.2, 0) is 6.42 Å². The Morgan fingerprint density at radius 1 is 0.929 bits per heavy atom. The lowest BCUT2D eigenvalue weighted by atomic mass is 9.85. The molecule has 0 saturated carbocycles. The largest absolute Gasteiger partial charge is 0.389 e. The lowest BCUT2D eigenvalue weighted by Crippen LogP contribution is -2.47. The Bertz CT molecular complexity index is 933. The topological polar surface area (TPSA) is 53.4 Å². The molecule has 1 aliphatic rings. The van der Waals surface area contributed by atoms with E-state index in [1.165, 1.54) is 0 Å². The van der Waals surface area contributed by atoms with Gasteiger partial charge in [0, 0.05) is 36.8 Å². The summed E-state index contributed by atoms with van der Waals surface area (Å²) >= 11 is 0. The molecular weight excluding hydrogens is 348 g/mol. The van der Waals surface area contributed by atoms with Gasteiger partial charge >= 0.3 is 0 Å². The fourth-order valence-electron chi connectivity index (χ4n) is 3.86. The third-order valence-electron chi connectivity index (χ3n) is 5.46. The van der Waals surface area contributed by atoms with Crippen molar-refractivity contribution in [1.29, 1.82) is 0 Å². The van der Waals surface area contributed by atoms with Gasteiger partial charge in [0.15, 0.2) is 0 Å². The first-order valence-corrected chi connectivity index (χ1v) is 9.71. The van der Waals surface area contributed by atoms with E-state index < -0.39 is 5.60 Å². The van der Waals surface area contributed by atoms with Crippen LogP contribution in [-0.4, -0.2) is 39.6 Å². The van der Waals surface area contributed by atoms with Crippen molar-refractivity contribution in [3.63, 3.8) is 0 Å². The highest BCUT2D eigenvalue weighted by atomic mass is 16.3. The van der Waals surface area contributed by atoms with Gasteiger partial charge in [-0.3, -0.25) is 9.78 Å². The second-order valence-electron chi connectivity index (χ2n) is 7.44. The van der Waals surface area contributed by atoms with Crippen LogP contribution in [0.4, 0.5) is 0 Å². The van der Waals surface area contributed by atoms with Crippen LogP contribution in [0.5, 0.6) is 0 Å². The Kier molecular flexibility index (Phi) is 5.22. The maximum absolute atomic E-state index is 13.2. The van der Waals surface area contributed by atoms with Crippen LogP contribution in [0, 0.1) is 0 Å². The number of aliphatic hydroxyl groups is 1. The van der Waals surface area contributed by atoms with Gasteiger partial charge in [0.25, 0.3) is 5.91 Å². The fraction of sp³-hybridized carbons (Fsp3) is 0.250. The van der Waals surface area contributed by atoms with E-state index in [9.17, 15) is 9.90 Å². The summed E-state index contributed by atoms with van der Waals surface area (Å²) in [6.45, 7) is 1.11. The predicted molar refractivity (Wildman–Crippen MR) is 110 cm³/mol. The number of carbonyl (C=O) groups is 1. The number of hydrogen-bond acceptors (Lipinski definition) is 3. The van der Waals surface area contributed by atoms with Crippen molar-refractivity contribution in [2.45, 2.75) is 24.9 Å². The number of pyridine rings is 1. The maximum Gasteiger partial charge on any atom is 0.254 e. The monoisotopic (exact) mass is 372 g/mol. The van der Waals surface area contributed by atoms with Gasteiger partial charge < -0.3 is 10.0 Å². The smallest absolute Gasteiger partial charge is 0.254 e. The molecule has 1 aromatic heterocycles. The Balaban J connectivity index is 1.48. The predicted octanol–water partition coefficient (Wildman–Crippen LogP) is 3.96. The van der Waals surface area contributed by atoms with Gasteiger partial charge in [-0.05, 0) is 36.6 Å². The van der Waals surface area contributed by atoms with E-state index in [1.807, 2.05) is 77.7 Å². The summed E-state index contributed by atoms with van der Waals surface area (Å²) in [5.74, 6) is 0.00279. The molecule has 4 heteroatoms. The number of hydrogen-bond donors (Lipinski definition) is 1. The Morgan fingerprint density at radius 2 is 1.61 bits per heavy atom. The zero-order valence-electron chi connectivity index (χ0n) is 15.8. The normalized spacial score (nSPS) is 16.0. The third kappa shape index (κ3) is 3.97. The lowest BCUT2D eigenvalue weighted by Gasteiger charge is -2.38. The maximum atomic E-state index is 13.2. The molecule has 1 fully saturated rings. The standard InChI is InChI=1S/C24H24N2O2/c27-23(21-11-5-4-10-20(21)22-12-6-7-15-25-22)26-16-13-24(28,14-17-26)18-19-8-2-1-3-9-19/h1-12,15,28H,13-14,16-18H2. The molecule has 0 unspecified atom stereocenters. The molecule has 4 rings (SSSR count). The van der Waals surface area contributed by atoms with Crippen LogP contribution in [0.15, 0.2) is 79.0 Å². The van der Waals surface area contributed by atoms with Crippen LogP contribution in [0.3, 0.4) is 0 Å². The minimum Gasteiger partial charge on any atom is -0.389 e. The zero-order chi connectivity index (χ0) is 19.4. The van der Waals surface area contributed by atoms with Crippen molar-refractivity contribution < 1.29 is 9.90 Å². The number of amides is 1. The van der Waals surface area contributed by atoms with Crippen LogP contribution in [0.25, 0.3) is 11.3 Å². The number of piperidine rings is 1. The van der Waals surface area contributed by atoms with Gasteiger partial charge in [-0.2, -0.15) is 0 Å². The quantitative estimate of drug-likeness (QED) is 0.754. The highest BCUT2D eigenvalue weighted by molar-refractivity contribution is 6.00. The fourth-order valence-corrected chi connectivity index (χ4v) is 3.86. The molecule has 0 bridgehead atoms. The van der Waals surface area contributed by atoms with Gasteiger partial charge in [0.1, 0.15) is 0 Å². The molecule has 3 aromatic rings. The second-order valence-corrected chi connectivity index (χ2v) is 7.44. The van der Waals surface area contributed by atoms with Gasteiger partial charge in [-0.15, -0.1) is 0 Å². The van der Waals surface area contributed by atoms with Crippen LogP contribution in [0.2, 0.25) is 0 Å². The third-order valence-corrected chi connectivity index (χ3v) is 5.46. The van der Waals surface area contributed by atoms with E-state index in [4.69, 9.17) is 0 Å². The van der Waals surface area contributed by atoms with E-state index in [-0.39, 0.29) is 5.91 Å². The van der Waals surface area contributed by atoms with Crippen molar-refractivity contribution >= 4 is 5.91 Å². The van der Waals surface area contributed by atoms with E-state index in [0.717, 1.165) is 16.8 Å². The van der Waals surface area contributed by atoms with Crippen molar-refractivity contribution in [3.05, 3.63) is 90.1 Å². The van der Waals surface area contributed by atoms with Crippen LogP contribution < -0.4 is 0 Å². The lowest BCUT2D eigenvalue weighted by molar-refractivity contribution is -0.0162. The Hall–Kier alpha value is -2.98. The average Bonchev–Trinajstić information content (AvgIpc) is 2.75. The average molecular weight is 372 g/mol. The summed E-state index contributed by atoms with van der Waals surface area (Å²) in [6.07, 6.45) is 3.53. The minimum absolute atomic E-state index is 0.00279. The van der Waals surface area contributed by atoms with Gasteiger partial charge in [-0.25, -0.2) is 0 Å². The summed E-state index contributed by atoms with van der Waals surface area (Å²) in [4.78, 5) is 19.4. The molecule has 1 saturated heterocycles. The molecule has 0 radical (unpaired) electrons. The Labute approximate surface area is 165 Å². The molecule has 142 valence electrons. The molecule has 4 nitrogen and oxygen atoms in total. The summed E-state index contributed by atoms with van der Waals surface area (Å²) in [7, 11) is 0. The van der Waals surface area contributed by atoms with E-state index in [1.54, 1.807) is 6.20 Å². The number of likely N-dealkylation sites (tertiary alicyclic amines) is 1. The molecule has 1 amide bonds. The number of aromatic nitrogens is 1. The first-order valence-electron chi connectivity index (χ1n) is 9.71. The Morgan fingerprint density at radius 3 is 2.32 bits per heavy atom. The van der Waals surface area contributed by atoms with Gasteiger partial charge in [-0.1, -0.05) is 54.6 Å². The van der Waals surface area contributed by atoms with Crippen molar-refractivity contribution in [2.75, 3.05) is 13.1 Å². The molecular formula is C24H24N2O2. The second kappa shape index (κ2) is 7.95. The summed E-state index contributed by atoms with van der Waals surface area (Å²) < 4.78 is 0. The molecule has 2 aromatic carbocycles.